The minimum atomic E-state index is -4.09. The van der Waals surface area contributed by atoms with E-state index >= 15 is 0 Å². The number of alkyl halides is 3. The molecule has 1 aromatic rings. The maximum absolute atomic E-state index is 12.3. The van der Waals surface area contributed by atoms with Crippen LogP contribution >= 0.6 is 0 Å². The number of pyridine rings is 1. The third-order valence-electron chi connectivity index (χ3n) is 3.69. The van der Waals surface area contributed by atoms with Gasteiger partial charge in [-0.15, -0.1) is 0 Å². The highest BCUT2D eigenvalue weighted by molar-refractivity contribution is 5.13. The fourth-order valence-corrected chi connectivity index (χ4v) is 2.59. The van der Waals surface area contributed by atoms with E-state index in [-0.39, 0.29) is 6.04 Å². The van der Waals surface area contributed by atoms with Gasteiger partial charge in [0.1, 0.15) is 0 Å². The topological polar surface area (TPSA) is 28.2 Å². The zero-order chi connectivity index (χ0) is 14.6. The van der Waals surface area contributed by atoms with E-state index in [1.807, 2.05) is 12.1 Å². The van der Waals surface area contributed by atoms with E-state index < -0.39 is 12.7 Å². The van der Waals surface area contributed by atoms with Crippen LogP contribution in [0.4, 0.5) is 13.2 Å². The second-order valence-electron chi connectivity index (χ2n) is 5.42. The van der Waals surface area contributed by atoms with E-state index in [2.05, 4.69) is 17.2 Å². The van der Waals surface area contributed by atoms with Gasteiger partial charge in [0, 0.05) is 25.0 Å². The van der Waals surface area contributed by atoms with E-state index in [4.69, 9.17) is 0 Å². The van der Waals surface area contributed by atoms with E-state index in [0.717, 1.165) is 18.5 Å². The van der Waals surface area contributed by atoms with Crippen molar-refractivity contribution in [2.75, 3.05) is 26.2 Å². The quantitative estimate of drug-likeness (QED) is 0.902. The Balaban J connectivity index is 1.73. The average molecular weight is 287 g/mol. The normalized spacial score (nSPS) is 22.1. The summed E-state index contributed by atoms with van der Waals surface area (Å²) in [6.07, 6.45) is 0.223. The molecule has 0 aromatic carbocycles. The number of halogens is 3. The van der Waals surface area contributed by atoms with E-state index in [0.29, 0.717) is 19.0 Å². The first-order chi connectivity index (χ1) is 9.44. The van der Waals surface area contributed by atoms with Gasteiger partial charge in [0.15, 0.2) is 0 Å². The Bertz CT molecular complexity index is 408. The number of hydrogen-bond acceptors (Lipinski definition) is 3. The van der Waals surface area contributed by atoms with Crippen LogP contribution in [0.15, 0.2) is 24.5 Å². The summed E-state index contributed by atoms with van der Waals surface area (Å²) in [7, 11) is 0. The van der Waals surface area contributed by atoms with Gasteiger partial charge in [-0.05, 0) is 50.0 Å². The fraction of sp³-hybridized carbons (Fsp3) is 0.643. The Morgan fingerprint density at radius 1 is 1.40 bits per heavy atom. The molecule has 2 atom stereocenters. The van der Waals surface area contributed by atoms with Crippen LogP contribution < -0.4 is 5.32 Å². The van der Waals surface area contributed by atoms with Crippen LogP contribution in [0.2, 0.25) is 0 Å². The average Bonchev–Trinajstić information content (AvgIpc) is 2.82. The van der Waals surface area contributed by atoms with Crippen molar-refractivity contribution in [1.82, 2.24) is 15.2 Å². The van der Waals surface area contributed by atoms with Gasteiger partial charge >= 0.3 is 6.18 Å². The standard InChI is InChI=1S/C14H20F3N3/c1-11(13-2-5-18-6-3-13)19-8-12-4-7-20(9-12)10-14(15,16)17/h2-3,5-6,11-12,19H,4,7-10H2,1H3. The van der Waals surface area contributed by atoms with Crippen LogP contribution in [0, 0.1) is 5.92 Å². The molecule has 1 aliphatic heterocycles. The second-order valence-corrected chi connectivity index (χ2v) is 5.42. The highest BCUT2D eigenvalue weighted by atomic mass is 19.4. The molecule has 0 spiro atoms. The summed E-state index contributed by atoms with van der Waals surface area (Å²) in [6, 6.07) is 4.08. The van der Waals surface area contributed by atoms with Gasteiger partial charge in [0.2, 0.25) is 0 Å². The van der Waals surface area contributed by atoms with Crippen molar-refractivity contribution in [2.24, 2.45) is 5.92 Å². The third kappa shape index (κ3) is 4.76. The van der Waals surface area contributed by atoms with Crippen molar-refractivity contribution in [3.8, 4) is 0 Å². The van der Waals surface area contributed by atoms with Gasteiger partial charge in [-0.3, -0.25) is 9.88 Å². The number of nitrogens with zero attached hydrogens (tertiary/aromatic N) is 2. The van der Waals surface area contributed by atoms with Crippen LogP contribution in [0.3, 0.4) is 0 Å². The monoisotopic (exact) mass is 287 g/mol. The Labute approximate surface area is 117 Å². The predicted molar refractivity (Wildman–Crippen MR) is 71.3 cm³/mol. The molecule has 1 aromatic heterocycles. The molecular formula is C14H20F3N3. The number of likely N-dealkylation sites (tertiary alicyclic amines) is 1. The second kappa shape index (κ2) is 6.54. The van der Waals surface area contributed by atoms with Gasteiger partial charge in [0.05, 0.1) is 6.54 Å². The van der Waals surface area contributed by atoms with Gasteiger partial charge in [-0.2, -0.15) is 13.2 Å². The molecule has 0 radical (unpaired) electrons. The molecule has 0 amide bonds. The summed E-state index contributed by atoms with van der Waals surface area (Å²) in [6.45, 7) is 3.07. The van der Waals surface area contributed by atoms with Crippen LogP contribution in [0.5, 0.6) is 0 Å². The number of nitrogens with one attached hydrogen (secondary N) is 1. The van der Waals surface area contributed by atoms with Crippen molar-refractivity contribution >= 4 is 0 Å². The van der Waals surface area contributed by atoms with Crippen molar-refractivity contribution in [2.45, 2.75) is 25.6 Å². The molecule has 6 heteroatoms. The molecular weight excluding hydrogens is 267 g/mol. The number of hydrogen-bond donors (Lipinski definition) is 1. The van der Waals surface area contributed by atoms with Crippen LogP contribution in [0.1, 0.15) is 24.9 Å². The Morgan fingerprint density at radius 2 is 2.10 bits per heavy atom. The minimum absolute atomic E-state index is 0.190. The van der Waals surface area contributed by atoms with Gasteiger partial charge < -0.3 is 5.32 Å². The summed E-state index contributed by atoms with van der Waals surface area (Å²) in [5.74, 6) is 0.293. The summed E-state index contributed by atoms with van der Waals surface area (Å²) in [5.41, 5.74) is 1.14. The molecule has 1 fully saturated rings. The molecule has 2 heterocycles. The molecule has 1 aliphatic rings. The summed E-state index contributed by atoms with van der Waals surface area (Å²) < 4.78 is 36.9. The smallest absolute Gasteiger partial charge is 0.310 e. The number of aromatic nitrogens is 1. The molecule has 0 aliphatic carbocycles. The molecule has 0 bridgehead atoms. The zero-order valence-corrected chi connectivity index (χ0v) is 11.5. The lowest BCUT2D eigenvalue weighted by Crippen LogP contribution is -2.34. The highest BCUT2D eigenvalue weighted by Gasteiger charge is 2.34. The lowest BCUT2D eigenvalue weighted by molar-refractivity contribution is -0.143. The summed E-state index contributed by atoms with van der Waals surface area (Å²) in [5, 5.41) is 3.39. The first-order valence-corrected chi connectivity index (χ1v) is 6.86. The van der Waals surface area contributed by atoms with E-state index in [1.54, 1.807) is 12.4 Å². The van der Waals surface area contributed by atoms with E-state index in [1.165, 1.54) is 4.90 Å². The molecule has 0 saturated carbocycles. The van der Waals surface area contributed by atoms with Crippen molar-refractivity contribution in [3.05, 3.63) is 30.1 Å². The third-order valence-corrected chi connectivity index (χ3v) is 3.69. The van der Waals surface area contributed by atoms with Crippen molar-refractivity contribution in [1.29, 1.82) is 0 Å². The highest BCUT2D eigenvalue weighted by Crippen LogP contribution is 2.23. The van der Waals surface area contributed by atoms with Gasteiger partial charge in [-0.25, -0.2) is 0 Å². The molecule has 3 nitrogen and oxygen atoms in total. The van der Waals surface area contributed by atoms with Crippen LogP contribution in [-0.4, -0.2) is 42.2 Å². The Morgan fingerprint density at radius 3 is 2.75 bits per heavy atom. The predicted octanol–water partition coefficient (Wildman–Crippen LogP) is 2.62. The van der Waals surface area contributed by atoms with Gasteiger partial charge in [-0.1, -0.05) is 0 Å². The SMILES string of the molecule is CC(NCC1CCN(CC(F)(F)F)C1)c1ccncc1. The fourth-order valence-electron chi connectivity index (χ4n) is 2.59. The molecule has 1 saturated heterocycles. The van der Waals surface area contributed by atoms with E-state index in [9.17, 15) is 13.2 Å². The Kier molecular flexibility index (Phi) is 4.99. The first kappa shape index (κ1) is 15.3. The summed E-state index contributed by atoms with van der Waals surface area (Å²) >= 11 is 0. The first-order valence-electron chi connectivity index (χ1n) is 6.86. The van der Waals surface area contributed by atoms with Gasteiger partial charge in [0.25, 0.3) is 0 Å². The van der Waals surface area contributed by atoms with Crippen LogP contribution in [-0.2, 0) is 0 Å². The number of rotatable bonds is 5. The lowest BCUT2D eigenvalue weighted by atomic mass is 10.1. The zero-order valence-electron chi connectivity index (χ0n) is 11.5. The molecule has 20 heavy (non-hydrogen) atoms. The van der Waals surface area contributed by atoms with Crippen molar-refractivity contribution in [3.63, 3.8) is 0 Å². The largest absolute Gasteiger partial charge is 0.401 e. The summed E-state index contributed by atoms with van der Waals surface area (Å²) in [4.78, 5) is 5.46. The maximum Gasteiger partial charge on any atom is 0.401 e. The minimum Gasteiger partial charge on any atom is -0.310 e. The molecule has 2 rings (SSSR count). The molecule has 2 unspecified atom stereocenters. The molecule has 1 N–H and O–H groups in total. The lowest BCUT2D eigenvalue weighted by Gasteiger charge is -2.19. The maximum atomic E-state index is 12.3. The van der Waals surface area contributed by atoms with Crippen molar-refractivity contribution < 1.29 is 13.2 Å². The Hall–Kier alpha value is -1.14. The molecule has 112 valence electrons. The van der Waals surface area contributed by atoms with Crippen LogP contribution in [0.25, 0.3) is 0 Å².